The van der Waals surface area contributed by atoms with Gasteiger partial charge < -0.3 is 9.80 Å². The van der Waals surface area contributed by atoms with E-state index < -0.39 is 0 Å². The fourth-order valence-corrected chi connectivity index (χ4v) is 6.00. The summed E-state index contributed by atoms with van der Waals surface area (Å²) in [4.78, 5) is 14.8. The van der Waals surface area contributed by atoms with E-state index in [-0.39, 0.29) is 6.04 Å². The van der Waals surface area contributed by atoms with Gasteiger partial charge in [-0.05, 0) is 75.7 Å². The van der Waals surface area contributed by atoms with Crippen molar-refractivity contribution < 1.29 is 0 Å². The molecule has 2 atom stereocenters. The van der Waals surface area contributed by atoms with Gasteiger partial charge >= 0.3 is 0 Å². The average Bonchev–Trinajstić information content (AvgIpc) is 3.09. The van der Waals surface area contributed by atoms with Gasteiger partial charge in [0.1, 0.15) is 11.3 Å². The minimum absolute atomic E-state index is 0.0774. The zero-order valence-electron chi connectivity index (χ0n) is 19.6. The van der Waals surface area contributed by atoms with E-state index in [1.807, 2.05) is 29.9 Å². The van der Waals surface area contributed by atoms with Crippen LogP contribution in [0.2, 0.25) is 10.0 Å². The van der Waals surface area contributed by atoms with E-state index in [0.717, 1.165) is 53.2 Å². The normalized spacial score (nSPS) is 20.9. The molecule has 33 heavy (non-hydrogen) atoms. The van der Waals surface area contributed by atoms with Gasteiger partial charge in [0, 0.05) is 29.7 Å². The Balaban J connectivity index is 1.35. The standard InChI is InChI=1S/C25H32Cl2N6/c1-4-9-31-10-5-6-18(13-31)19-14-32(15-19)23-12-28-24-16(2)30-33(25(24)29-23)17(3)21-8-7-20(26)11-22(21)27/h7-8,11-12,17-19H,4-6,9-10,13-15H2,1-3H3/t17-,18+/m1/s1. The third-order valence-corrected chi connectivity index (χ3v) is 7.88. The summed E-state index contributed by atoms with van der Waals surface area (Å²) in [6, 6.07) is 5.52. The molecule has 6 nitrogen and oxygen atoms in total. The lowest BCUT2D eigenvalue weighted by atomic mass is 9.80. The van der Waals surface area contributed by atoms with E-state index in [0.29, 0.717) is 10.0 Å². The van der Waals surface area contributed by atoms with Gasteiger partial charge in [0.25, 0.3) is 0 Å². The maximum Gasteiger partial charge on any atom is 0.179 e. The van der Waals surface area contributed by atoms with Crippen LogP contribution >= 0.6 is 23.2 Å². The van der Waals surface area contributed by atoms with E-state index in [9.17, 15) is 0 Å². The molecule has 2 fully saturated rings. The van der Waals surface area contributed by atoms with Gasteiger partial charge in [0.05, 0.1) is 17.9 Å². The number of hydrogen-bond acceptors (Lipinski definition) is 5. The number of benzene rings is 1. The Labute approximate surface area is 205 Å². The maximum absolute atomic E-state index is 6.49. The molecule has 0 aliphatic carbocycles. The molecular formula is C25H32Cl2N6. The highest BCUT2D eigenvalue weighted by Gasteiger charge is 2.36. The number of fused-ring (bicyclic) bond motifs is 1. The van der Waals surface area contributed by atoms with Crippen molar-refractivity contribution in [3.8, 4) is 0 Å². The first-order valence-electron chi connectivity index (χ1n) is 12.1. The minimum Gasteiger partial charge on any atom is -0.355 e. The van der Waals surface area contributed by atoms with Crippen LogP contribution in [-0.4, -0.2) is 57.4 Å². The Bertz CT molecular complexity index is 1140. The van der Waals surface area contributed by atoms with Crippen molar-refractivity contribution in [1.82, 2.24) is 24.6 Å². The Morgan fingerprint density at radius 2 is 1.97 bits per heavy atom. The van der Waals surface area contributed by atoms with Gasteiger partial charge in [-0.15, -0.1) is 0 Å². The summed E-state index contributed by atoms with van der Waals surface area (Å²) in [5, 5.41) is 6.03. The highest BCUT2D eigenvalue weighted by atomic mass is 35.5. The number of halogens is 2. The van der Waals surface area contributed by atoms with Crippen molar-refractivity contribution >= 4 is 40.2 Å². The summed E-state index contributed by atoms with van der Waals surface area (Å²) < 4.78 is 1.94. The number of nitrogens with zero attached hydrogens (tertiary/aromatic N) is 6. The first-order valence-corrected chi connectivity index (χ1v) is 12.8. The second-order valence-electron chi connectivity index (χ2n) is 9.64. The Hall–Kier alpha value is -1.89. The highest BCUT2D eigenvalue weighted by molar-refractivity contribution is 6.35. The van der Waals surface area contributed by atoms with Gasteiger partial charge in [-0.3, -0.25) is 0 Å². The lowest BCUT2D eigenvalue weighted by Gasteiger charge is -2.47. The lowest BCUT2D eigenvalue weighted by Crippen LogP contribution is -2.53. The molecule has 2 aliphatic heterocycles. The Morgan fingerprint density at radius 3 is 2.73 bits per heavy atom. The molecule has 0 radical (unpaired) electrons. The predicted octanol–water partition coefficient (Wildman–Crippen LogP) is 5.61. The quantitative estimate of drug-likeness (QED) is 0.453. The summed E-state index contributed by atoms with van der Waals surface area (Å²) in [5.74, 6) is 2.49. The maximum atomic E-state index is 6.49. The largest absolute Gasteiger partial charge is 0.355 e. The van der Waals surface area contributed by atoms with E-state index in [1.165, 1.54) is 38.9 Å². The fourth-order valence-electron chi connectivity index (χ4n) is 5.43. The van der Waals surface area contributed by atoms with Crippen LogP contribution < -0.4 is 4.90 Å². The molecule has 0 amide bonds. The van der Waals surface area contributed by atoms with E-state index in [2.05, 4.69) is 23.6 Å². The van der Waals surface area contributed by atoms with Gasteiger partial charge in [-0.2, -0.15) is 5.10 Å². The third kappa shape index (κ3) is 4.45. The van der Waals surface area contributed by atoms with Crippen molar-refractivity contribution in [1.29, 1.82) is 0 Å². The predicted molar refractivity (Wildman–Crippen MR) is 135 cm³/mol. The minimum atomic E-state index is -0.0774. The molecule has 4 heterocycles. The summed E-state index contributed by atoms with van der Waals surface area (Å²) in [6.45, 7) is 12.2. The van der Waals surface area contributed by atoms with E-state index in [1.54, 1.807) is 6.07 Å². The summed E-state index contributed by atoms with van der Waals surface area (Å²) in [5.41, 5.74) is 3.49. The number of aryl methyl sites for hydroxylation is 1. The molecule has 0 N–H and O–H groups in total. The zero-order chi connectivity index (χ0) is 23.1. The van der Waals surface area contributed by atoms with E-state index in [4.69, 9.17) is 38.3 Å². The van der Waals surface area contributed by atoms with Gasteiger partial charge in [-0.25, -0.2) is 14.6 Å². The molecule has 0 spiro atoms. The van der Waals surface area contributed by atoms with Crippen LogP contribution in [0.25, 0.3) is 11.2 Å². The first-order chi connectivity index (χ1) is 15.9. The molecule has 8 heteroatoms. The zero-order valence-corrected chi connectivity index (χ0v) is 21.1. The first kappa shape index (κ1) is 22.9. The number of rotatable bonds is 6. The number of aromatic nitrogens is 4. The van der Waals surface area contributed by atoms with E-state index >= 15 is 0 Å². The molecule has 5 rings (SSSR count). The van der Waals surface area contributed by atoms with Crippen molar-refractivity contribution in [2.45, 2.75) is 46.1 Å². The second-order valence-corrected chi connectivity index (χ2v) is 10.5. The number of hydrogen-bond donors (Lipinski definition) is 0. The Kier molecular flexibility index (Phi) is 6.51. The average molecular weight is 487 g/mol. The van der Waals surface area contributed by atoms with Gasteiger partial charge in [0.2, 0.25) is 0 Å². The molecule has 176 valence electrons. The van der Waals surface area contributed by atoms with Crippen LogP contribution in [0, 0.1) is 18.8 Å². The molecule has 2 saturated heterocycles. The fraction of sp³-hybridized carbons (Fsp3) is 0.560. The topological polar surface area (TPSA) is 50.1 Å². The molecule has 1 aromatic carbocycles. The summed E-state index contributed by atoms with van der Waals surface area (Å²) in [6.07, 6.45) is 5.83. The molecular weight excluding hydrogens is 455 g/mol. The highest BCUT2D eigenvalue weighted by Crippen LogP contribution is 2.35. The number of piperidine rings is 1. The van der Waals surface area contributed by atoms with Gasteiger partial charge in [0.15, 0.2) is 5.65 Å². The smallest absolute Gasteiger partial charge is 0.179 e. The lowest BCUT2D eigenvalue weighted by molar-refractivity contribution is 0.120. The molecule has 2 aliphatic rings. The van der Waals surface area contributed by atoms with Crippen LogP contribution in [-0.2, 0) is 0 Å². The van der Waals surface area contributed by atoms with Crippen LogP contribution in [0.5, 0.6) is 0 Å². The summed E-state index contributed by atoms with van der Waals surface area (Å²) in [7, 11) is 0. The summed E-state index contributed by atoms with van der Waals surface area (Å²) >= 11 is 12.6. The van der Waals surface area contributed by atoms with Crippen molar-refractivity contribution in [3.05, 3.63) is 45.7 Å². The Morgan fingerprint density at radius 1 is 1.15 bits per heavy atom. The monoisotopic (exact) mass is 486 g/mol. The SMILES string of the molecule is CCCN1CCC[C@H](C2CN(c3cnc4c(C)nn([C@H](C)c5ccc(Cl)cc5Cl)c4n3)C2)C1. The molecule has 0 bridgehead atoms. The van der Waals surface area contributed by atoms with Crippen LogP contribution in [0.3, 0.4) is 0 Å². The van der Waals surface area contributed by atoms with Crippen LogP contribution in [0.4, 0.5) is 5.82 Å². The number of anilines is 1. The van der Waals surface area contributed by atoms with Gasteiger partial charge in [-0.1, -0.05) is 36.2 Å². The second kappa shape index (κ2) is 9.40. The van der Waals surface area contributed by atoms with Crippen molar-refractivity contribution in [2.75, 3.05) is 37.6 Å². The number of likely N-dealkylation sites (tertiary alicyclic amines) is 1. The van der Waals surface area contributed by atoms with Crippen LogP contribution in [0.1, 0.15) is 50.4 Å². The van der Waals surface area contributed by atoms with Crippen LogP contribution in [0.15, 0.2) is 24.4 Å². The molecule has 2 aromatic heterocycles. The third-order valence-electron chi connectivity index (χ3n) is 7.32. The van der Waals surface area contributed by atoms with Crippen molar-refractivity contribution in [3.63, 3.8) is 0 Å². The molecule has 0 saturated carbocycles. The van der Waals surface area contributed by atoms with Crippen molar-refractivity contribution in [2.24, 2.45) is 11.8 Å². The molecule has 0 unspecified atom stereocenters. The molecule has 3 aromatic rings.